The third-order valence-electron chi connectivity index (χ3n) is 3.73. The average molecular weight is 304 g/mol. The molecule has 1 fully saturated rings. The van der Waals surface area contributed by atoms with Crippen LogP contribution in [0.5, 0.6) is 0 Å². The third kappa shape index (κ3) is 3.24. The molecule has 2 aromatic carbocycles. The van der Waals surface area contributed by atoms with Crippen molar-refractivity contribution in [2.75, 3.05) is 0 Å². The van der Waals surface area contributed by atoms with E-state index in [4.69, 9.17) is 11.6 Å². The third-order valence-corrected chi connectivity index (χ3v) is 3.98. The van der Waals surface area contributed by atoms with E-state index < -0.39 is 5.82 Å². The van der Waals surface area contributed by atoms with E-state index in [-0.39, 0.29) is 17.5 Å². The van der Waals surface area contributed by atoms with Crippen molar-refractivity contribution in [2.24, 2.45) is 5.92 Å². The highest BCUT2D eigenvalue weighted by molar-refractivity contribution is 6.30. The molecule has 1 atom stereocenters. The first-order chi connectivity index (χ1) is 10.1. The Morgan fingerprint density at radius 3 is 2.43 bits per heavy atom. The molecule has 0 saturated heterocycles. The number of halogens is 2. The van der Waals surface area contributed by atoms with Crippen LogP contribution < -0.4 is 5.32 Å². The van der Waals surface area contributed by atoms with Crippen LogP contribution in [-0.4, -0.2) is 5.91 Å². The maximum absolute atomic E-state index is 13.7. The van der Waals surface area contributed by atoms with Crippen molar-refractivity contribution >= 4 is 17.5 Å². The van der Waals surface area contributed by atoms with Crippen molar-refractivity contribution in [1.82, 2.24) is 5.32 Å². The SMILES string of the molecule is O=C(N[C@H](c1ccc(Cl)cc1)C1CC1)c1ccccc1F. The first kappa shape index (κ1) is 14.1. The van der Waals surface area contributed by atoms with E-state index in [1.165, 1.54) is 12.1 Å². The topological polar surface area (TPSA) is 29.1 Å². The smallest absolute Gasteiger partial charge is 0.254 e. The second-order valence-electron chi connectivity index (χ2n) is 5.32. The van der Waals surface area contributed by atoms with Crippen molar-refractivity contribution in [2.45, 2.75) is 18.9 Å². The van der Waals surface area contributed by atoms with Crippen LogP contribution in [0.3, 0.4) is 0 Å². The largest absolute Gasteiger partial charge is 0.345 e. The number of nitrogens with one attached hydrogen (secondary N) is 1. The summed E-state index contributed by atoms with van der Waals surface area (Å²) in [5.41, 5.74) is 1.09. The highest BCUT2D eigenvalue weighted by atomic mass is 35.5. The van der Waals surface area contributed by atoms with Crippen LogP contribution in [0.15, 0.2) is 48.5 Å². The van der Waals surface area contributed by atoms with Gasteiger partial charge in [0.2, 0.25) is 0 Å². The lowest BCUT2D eigenvalue weighted by atomic mass is 10.0. The molecule has 21 heavy (non-hydrogen) atoms. The zero-order chi connectivity index (χ0) is 14.8. The van der Waals surface area contributed by atoms with Gasteiger partial charge in [0.25, 0.3) is 5.91 Å². The summed E-state index contributed by atoms with van der Waals surface area (Å²) in [4.78, 5) is 12.3. The molecule has 0 heterocycles. The Bertz CT molecular complexity index is 652. The molecule has 2 aromatic rings. The summed E-state index contributed by atoms with van der Waals surface area (Å²) < 4.78 is 13.7. The molecule has 0 spiro atoms. The van der Waals surface area contributed by atoms with Crippen molar-refractivity contribution < 1.29 is 9.18 Å². The van der Waals surface area contributed by atoms with E-state index in [0.29, 0.717) is 10.9 Å². The van der Waals surface area contributed by atoms with Crippen molar-refractivity contribution in [3.63, 3.8) is 0 Å². The van der Waals surface area contributed by atoms with Gasteiger partial charge < -0.3 is 5.32 Å². The highest BCUT2D eigenvalue weighted by Gasteiger charge is 2.33. The number of rotatable bonds is 4. The number of hydrogen-bond acceptors (Lipinski definition) is 1. The Kier molecular flexibility index (Phi) is 3.93. The van der Waals surface area contributed by atoms with Crippen molar-refractivity contribution in [1.29, 1.82) is 0 Å². The van der Waals surface area contributed by atoms with Gasteiger partial charge >= 0.3 is 0 Å². The van der Waals surface area contributed by atoms with Gasteiger partial charge in [0, 0.05) is 5.02 Å². The van der Waals surface area contributed by atoms with E-state index in [1.807, 2.05) is 24.3 Å². The van der Waals surface area contributed by atoms with Gasteiger partial charge in [-0.05, 0) is 48.6 Å². The maximum Gasteiger partial charge on any atom is 0.254 e. The summed E-state index contributed by atoms with van der Waals surface area (Å²) in [6.07, 6.45) is 2.15. The van der Waals surface area contributed by atoms with Gasteiger partial charge in [0.1, 0.15) is 5.82 Å². The second kappa shape index (κ2) is 5.86. The van der Waals surface area contributed by atoms with Gasteiger partial charge in [-0.3, -0.25) is 4.79 Å². The lowest BCUT2D eigenvalue weighted by Gasteiger charge is -2.19. The number of benzene rings is 2. The van der Waals surface area contributed by atoms with Crippen LogP contribution in [0.25, 0.3) is 0 Å². The summed E-state index contributed by atoms with van der Waals surface area (Å²) in [5, 5.41) is 3.61. The Balaban J connectivity index is 1.81. The molecule has 1 aliphatic rings. The van der Waals surface area contributed by atoms with Crippen LogP contribution in [0.1, 0.15) is 34.8 Å². The molecule has 0 aromatic heterocycles. The van der Waals surface area contributed by atoms with E-state index >= 15 is 0 Å². The predicted octanol–water partition coefficient (Wildman–Crippen LogP) is 4.36. The monoisotopic (exact) mass is 303 g/mol. The van der Waals surface area contributed by atoms with Crippen molar-refractivity contribution in [3.05, 3.63) is 70.5 Å². The summed E-state index contributed by atoms with van der Waals surface area (Å²) in [6, 6.07) is 13.4. The zero-order valence-electron chi connectivity index (χ0n) is 11.4. The van der Waals surface area contributed by atoms with E-state index in [0.717, 1.165) is 18.4 Å². The average Bonchev–Trinajstić information content (AvgIpc) is 3.31. The molecule has 0 unspecified atom stereocenters. The van der Waals surface area contributed by atoms with Gasteiger partial charge in [-0.1, -0.05) is 35.9 Å². The summed E-state index contributed by atoms with van der Waals surface area (Å²) in [7, 11) is 0. The molecule has 1 N–H and O–H groups in total. The lowest BCUT2D eigenvalue weighted by molar-refractivity contribution is 0.0927. The van der Waals surface area contributed by atoms with Crippen LogP contribution >= 0.6 is 11.6 Å². The number of carbonyl (C=O) groups excluding carboxylic acids is 1. The maximum atomic E-state index is 13.7. The quantitative estimate of drug-likeness (QED) is 0.893. The molecule has 108 valence electrons. The van der Waals surface area contributed by atoms with E-state index in [9.17, 15) is 9.18 Å². The fourth-order valence-electron chi connectivity index (χ4n) is 2.44. The molecule has 0 radical (unpaired) electrons. The van der Waals surface area contributed by atoms with E-state index in [2.05, 4.69) is 5.32 Å². The molecule has 4 heteroatoms. The summed E-state index contributed by atoms with van der Waals surface area (Å²) in [5.74, 6) is -0.456. The highest BCUT2D eigenvalue weighted by Crippen LogP contribution is 2.41. The molecule has 1 saturated carbocycles. The summed E-state index contributed by atoms with van der Waals surface area (Å²) >= 11 is 5.90. The van der Waals surface area contributed by atoms with Gasteiger partial charge in [0.15, 0.2) is 0 Å². The minimum absolute atomic E-state index is 0.0807. The van der Waals surface area contributed by atoms with Crippen LogP contribution in [0.4, 0.5) is 4.39 Å². The minimum atomic E-state index is -0.499. The molecule has 0 bridgehead atoms. The van der Waals surface area contributed by atoms with Gasteiger partial charge in [-0.2, -0.15) is 0 Å². The predicted molar refractivity (Wildman–Crippen MR) is 80.8 cm³/mol. The fourth-order valence-corrected chi connectivity index (χ4v) is 2.56. The molecule has 1 aliphatic carbocycles. The van der Waals surface area contributed by atoms with Crippen LogP contribution in [0.2, 0.25) is 5.02 Å². The second-order valence-corrected chi connectivity index (χ2v) is 5.76. The summed E-state index contributed by atoms with van der Waals surface area (Å²) in [6.45, 7) is 0. The Hall–Kier alpha value is -1.87. The van der Waals surface area contributed by atoms with Gasteiger partial charge in [-0.15, -0.1) is 0 Å². The minimum Gasteiger partial charge on any atom is -0.345 e. The molecule has 2 nitrogen and oxygen atoms in total. The number of carbonyl (C=O) groups is 1. The van der Waals surface area contributed by atoms with Gasteiger partial charge in [-0.25, -0.2) is 4.39 Å². The van der Waals surface area contributed by atoms with E-state index in [1.54, 1.807) is 12.1 Å². The Morgan fingerprint density at radius 1 is 1.14 bits per heavy atom. The lowest BCUT2D eigenvalue weighted by Crippen LogP contribution is -2.30. The fraction of sp³-hybridized carbons (Fsp3) is 0.235. The van der Waals surface area contributed by atoms with Crippen LogP contribution in [-0.2, 0) is 0 Å². The normalized spacial score (nSPS) is 15.5. The zero-order valence-corrected chi connectivity index (χ0v) is 12.1. The molecular weight excluding hydrogens is 289 g/mol. The standard InChI is InChI=1S/C17H15ClFNO/c18-13-9-7-12(8-10-13)16(11-5-6-11)20-17(21)14-3-1-2-4-15(14)19/h1-4,7-11,16H,5-6H2,(H,20,21)/t16-/m0/s1. The van der Waals surface area contributed by atoms with Gasteiger partial charge in [0.05, 0.1) is 11.6 Å². The first-order valence-electron chi connectivity index (χ1n) is 6.96. The molecule has 0 aliphatic heterocycles. The molecule has 1 amide bonds. The molecular formula is C17H15ClFNO. The first-order valence-corrected chi connectivity index (χ1v) is 7.34. The molecule has 3 rings (SSSR count). The van der Waals surface area contributed by atoms with Crippen molar-refractivity contribution in [3.8, 4) is 0 Å². The van der Waals surface area contributed by atoms with Crippen LogP contribution in [0, 0.1) is 11.7 Å². The number of amides is 1. The Morgan fingerprint density at radius 2 is 1.81 bits per heavy atom. The number of hydrogen-bond donors (Lipinski definition) is 1. The Labute approximate surface area is 127 Å².